The lowest BCUT2D eigenvalue weighted by molar-refractivity contribution is -0.169. The Morgan fingerprint density at radius 2 is 1.75 bits per heavy atom. The van der Waals surface area contributed by atoms with Crippen LogP contribution >= 0.6 is 0 Å². The third-order valence-electron chi connectivity index (χ3n) is 3.68. The summed E-state index contributed by atoms with van der Waals surface area (Å²) < 4.78 is 12.3. The molecule has 0 radical (unpaired) electrons. The molecule has 1 unspecified atom stereocenters. The monoisotopic (exact) mass is 274 g/mol. The molecule has 0 saturated heterocycles. The minimum atomic E-state index is -0.208. The Hall–Kier alpha value is -1.28. The number of hydrogen-bond donors (Lipinski definition) is 0. The Labute approximate surface area is 122 Å². The molecule has 1 saturated carbocycles. The van der Waals surface area contributed by atoms with Crippen LogP contribution in [-0.4, -0.2) is 12.4 Å². The molecule has 1 aliphatic carbocycles. The van der Waals surface area contributed by atoms with Gasteiger partial charge in [-0.3, -0.25) is 0 Å². The summed E-state index contributed by atoms with van der Waals surface area (Å²) >= 11 is 0. The first-order valence-corrected chi connectivity index (χ1v) is 7.53. The van der Waals surface area contributed by atoms with E-state index < -0.39 is 0 Å². The molecule has 0 bridgehead atoms. The summed E-state index contributed by atoms with van der Waals surface area (Å²) in [5.74, 6) is 0.855. The van der Waals surface area contributed by atoms with Crippen molar-refractivity contribution in [3.63, 3.8) is 0 Å². The predicted molar refractivity (Wildman–Crippen MR) is 83.7 cm³/mol. The van der Waals surface area contributed by atoms with Crippen molar-refractivity contribution in [3.8, 4) is 5.75 Å². The molecule has 2 rings (SSSR count). The third-order valence-corrected chi connectivity index (χ3v) is 3.68. The maximum absolute atomic E-state index is 6.19. The number of hydrogen-bond acceptors (Lipinski definition) is 2. The largest absolute Gasteiger partial charge is 0.464 e. The molecule has 0 spiro atoms. The lowest BCUT2D eigenvalue weighted by atomic mass is 9.95. The van der Waals surface area contributed by atoms with Crippen molar-refractivity contribution in [2.24, 2.45) is 5.41 Å². The highest BCUT2D eigenvalue weighted by molar-refractivity contribution is 5.48. The zero-order valence-electron chi connectivity index (χ0n) is 12.9. The molecule has 1 aromatic carbocycles. The first-order valence-electron chi connectivity index (χ1n) is 7.53. The van der Waals surface area contributed by atoms with Crippen molar-refractivity contribution in [3.05, 3.63) is 36.4 Å². The fourth-order valence-corrected chi connectivity index (χ4v) is 2.41. The Bertz CT molecular complexity index is 422. The van der Waals surface area contributed by atoms with Crippen molar-refractivity contribution in [1.82, 2.24) is 0 Å². The fraction of sp³-hybridized carbons (Fsp3) is 0.556. The highest BCUT2D eigenvalue weighted by Crippen LogP contribution is 2.31. The van der Waals surface area contributed by atoms with Gasteiger partial charge >= 0.3 is 0 Å². The molecule has 1 aliphatic rings. The van der Waals surface area contributed by atoms with Gasteiger partial charge in [0.05, 0.1) is 6.10 Å². The van der Waals surface area contributed by atoms with Crippen LogP contribution in [0.4, 0.5) is 0 Å². The highest BCUT2D eigenvalue weighted by atomic mass is 16.7. The van der Waals surface area contributed by atoms with Crippen LogP contribution in [0.2, 0.25) is 0 Å². The molecule has 0 amide bonds. The van der Waals surface area contributed by atoms with Gasteiger partial charge in [0.1, 0.15) is 5.75 Å². The molecule has 0 aliphatic heterocycles. The first kappa shape index (κ1) is 15.1. The average molecular weight is 274 g/mol. The van der Waals surface area contributed by atoms with Crippen molar-refractivity contribution in [2.45, 2.75) is 58.8 Å². The van der Waals surface area contributed by atoms with Crippen molar-refractivity contribution in [2.75, 3.05) is 0 Å². The molecule has 110 valence electrons. The van der Waals surface area contributed by atoms with Crippen LogP contribution in [0.5, 0.6) is 5.75 Å². The van der Waals surface area contributed by atoms with Crippen molar-refractivity contribution < 1.29 is 9.47 Å². The number of ether oxygens (including phenoxy) is 2. The van der Waals surface area contributed by atoms with Gasteiger partial charge in [-0.1, -0.05) is 58.4 Å². The summed E-state index contributed by atoms with van der Waals surface area (Å²) in [5.41, 5.74) is 1.06. The predicted octanol–water partition coefficient (Wildman–Crippen LogP) is 5.04. The maximum Gasteiger partial charge on any atom is 0.204 e. The molecular weight excluding hydrogens is 248 g/mol. The second-order valence-corrected chi connectivity index (χ2v) is 6.63. The van der Waals surface area contributed by atoms with Gasteiger partial charge in [-0.25, -0.2) is 0 Å². The SMILES string of the molecule is C=Cc1ccc(OC(OC2CCCC2)C(C)(C)C)cc1. The van der Waals surface area contributed by atoms with Crippen LogP contribution < -0.4 is 4.74 Å². The average Bonchev–Trinajstić information content (AvgIpc) is 2.91. The van der Waals surface area contributed by atoms with E-state index in [2.05, 4.69) is 27.4 Å². The zero-order chi connectivity index (χ0) is 14.6. The van der Waals surface area contributed by atoms with Crippen LogP contribution in [0, 0.1) is 5.41 Å². The van der Waals surface area contributed by atoms with E-state index in [1.165, 1.54) is 12.8 Å². The lowest BCUT2D eigenvalue weighted by Gasteiger charge is -2.33. The van der Waals surface area contributed by atoms with Gasteiger partial charge in [0.25, 0.3) is 0 Å². The molecule has 0 heterocycles. The van der Waals surface area contributed by atoms with Gasteiger partial charge < -0.3 is 9.47 Å². The molecule has 0 N–H and O–H groups in total. The molecule has 2 heteroatoms. The summed E-state index contributed by atoms with van der Waals surface area (Å²) in [6, 6.07) is 7.98. The summed E-state index contributed by atoms with van der Waals surface area (Å²) in [6.07, 6.45) is 6.84. The van der Waals surface area contributed by atoms with Crippen LogP contribution in [0.25, 0.3) is 6.08 Å². The van der Waals surface area contributed by atoms with Gasteiger partial charge in [0, 0.05) is 5.41 Å². The second-order valence-electron chi connectivity index (χ2n) is 6.63. The normalized spacial score (nSPS) is 17.9. The van der Waals surface area contributed by atoms with Gasteiger partial charge in [-0.15, -0.1) is 0 Å². The van der Waals surface area contributed by atoms with Crippen molar-refractivity contribution >= 4 is 6.08 Å². The van der Waals surface area contributed by atoms with E-state index in [0.29, 0.717) is 6.10 Å². The maximum atomic E-state index is 6.19. The third kappa shape index (κ3) is 4.11. The summed E-state index contributed by atoms with van der Waals surface area (Å²) in [6.45, 7) is 10.2. The molecule has 1 atom stereocenters. The van der Waals surface area contributed by atoms with Crippen LogP contribution in [0.1, 0.15) is 52.0 Å². The van der Waals surface area contributed by atoms with E-state index in [0.717, 1.165) is 24.2 Å². The molecule has 20 heavy (non-hydrogen) atoms. The highest BCUT2D eigenvalue weighted by Gasteiger charge is 2.31. The van der Waals surface area contributed by atoms with E-state index >= 15 is 0 Å². The Balaban J connectivity index is 2.04. The zero-order valence-corrected chi connectivity index (χ0v) is 12.9. The fourth-order valence-electron chi connectivity index (χ4n) is 2.41. The minimum Gasteiger partial charge on any atom is -0.464 e. The van der Waals surface area contributed by atoms with Crippen LogP contribution in [0.3, 0.4) is 0 Å². The van der Waals surface area contributed by atoms with E-state index in [1.54, 1.807) is 0 Å². The molecule has 2 nitrogen and oxygen atoms in total. The molecular formula is C18H26O2. The number of rotatable bonds is 5. The van der Waals surface area contributed by atoms with E-state index in [-0.39, 0.29) is 11.7 Å². The molecule has 1 aromatic rings. The first-order chi connectivity index (χ1) is 9.49. The van der Waals surface area contributed by atoms with Crippen LogP contribution in [-0.2, 0) is 4.74 Å². The minimum absolute atomic E-state index is 0.0420. The van der Waals surface area contributed by atoms with Crippen molar-refractivity contribution in [1.29, 1.82) is 0 Å². The topological polar surface area (TPSA) is 18.5 Å². The smallest absolute Gasteiger partial charge is 0.204 e. The Morgan fingerprint density at radius 1 is 1.15 bits per heavy atom. The standard InChI is InChI=1S/C18H26O2/c1-5-14-10-12-16(13-11-14)20-17(18(2,3)4)19-15-8-6-7-9-15/h5,10-13,15,17H,1,6-9H2,2-4H3. The molecule has 1 fully saturated rings. The molecule has 0 aromatic heterocycles. The summed E-state index contributed by atoms with van der Waals surface area (Å²) in [4.78, 5) is 0. The van der Waals surface area contributed by atoms with E-state index in [1.807, 2.05) is 30.3 Å². The summed E-state index contributed by atoms with van der Waals surface area (Å²) in [7, 11) is 0. The lowest BCUT2D eigenvalue weighted by Crippen LogP contribution is -2.37. The van der Waals surface area contributed by atoms with Gasteiger partial charge in [0.15, 0.2) is 0 Å². The van der Waals surface area contributed by atoms with E-state index in [4.69, 9.17) is 9.47 Å². The van der Waals surface area contributed by atoms with Gasteiger partial charge in [0.2, 0.25) is 6.29 Å². The van der Waals surface area contributed by atoms with Crippen LogP contribution in [0.15, 0.2) is 30.8 Å². The quantitative estimate of drug-likeness (QED) is 0.700. The summed E-state index contributed by atoms with van der Waals surface area (Å²) in [5, 5.41) is 0. The van der Waals surface area contributed by atoms with Gasteiger partial charge in [-0.05, 0) is 30.5 Å². The second kappa shape index (κ2) is 6.45. The number of benzene rings is 1. The Kier molecular flexibility index (Phi) is 4.87. The van der Waals surface area contributed by atoms with Gasteiger partial charge in [-0.2, -0.15) is 0 Å². The Morgan fingerprint density at radius 3 is 2.25 bits per heavy atom. The van der Waals surface area contributed by atoms with E-state index in [9.17, 15) is 0 Å².